The maximum Gasteiger partial charge on any atom is 0.401 e. The lowest BCUT2D eigenvalue weighted by atomic mass is 10.4. The van der Waals surface area contributed by atoms with Gasteiger partial charge in [0.2, 0.25) is 0 Å². The normalized spacial score (nSPS) is 11.3. The van der Waals surface area contributed by atoms with E-state index < -0.39 is 18.7 Å². The number of esters is 1. The van der Waals surface area contributed by atoms with E-state index in [2.05, 4.69) is 10.1 Å². The van der Waals surface area contributed by atoms with Gasteiger partial charge in [0.25, 0.3) is 0 Å². The Labute approximate surface area is 67.9 Å². The fraction of sp³-hybridized carbons (Fsp3) is 0.833. The fourth-order valence-corrected chi connectivity index (χ4v) is 0.523. The Morgan fingerprint density at radius 3 is 2.50 bits per heavy atom. The maximum atomic E-state index is 11.5. The van der Waals surface area contributed by atoms with Gasteiger partial charge in [0, 0.05) is 6.54 Å². The Bertz CT molecular complexity index is 146. The molecule has 0 heterocycles. The molecule has 6 heteroatoms. The van der Waals surface area contributed by atoms with Crippen molar-refractivity contribution in [1.82, 2.24) is 5.32 Å². The topological polar surface area (TPSA) is 38.3 Å². The van der Waals surface area contributed by atoms with E-state index in [0.717, 1.165) is 0 Å². The van der Waals surface area contributed by atoms with Gasteiger partial charge in [-0.1, -0.05) is 0 Å². The van der Waals surface area contributed by atoms with Crippen LogP contribution in [-0.4, -0.2) is 32.3 Å². The molecule has 1 N–H and O–H groups in total. The molecule has 0 atom stereocenters. The zero-order chi connectivity index (χ0) is 9.61. The molecule has 0 unspecified atom stereocenters. The molecule has 0 amide bonds. The Morgan fingerprint density at radius 2 is 2.08 bits per heavy atom. The summed E-state index contributed by atoms with van der Waals surface area (Å²) in [6.45, 7) is -1.10. The van der Waals surface area contributed by atoms with Gasteiger partial charge in [-0.25, -0.2) is 0 Å². The third-order valence-electron chi connectivity index (χ3n) is 1.06. The first-order valence-corrected chi connectivity index (χ1v) is 3.30. The van der Waals surface area contributed by atoms with Crippen LogP contribution in [0.25, 0.3) is 0 Å². The molecular weight excluding hydrogens is 175 g/mol. The van der Waals surface area contributed by atoms with Crippen LogP contribution in [-0.2, 0) is 9.53 Å². The molecule has 0 saturated heterocycles. The summed E-state index contributed by atoms with van der Waals surface area (Å²) in [7, 11) is 1.19. The van der Waals surface area contributed by atoms with Gasteiger partial charge in [0.15, 0.2) is 0 Å². The lowest BCUT2D eigenvalue weighted by Gasteiger charge is -2.06. The highest BCUT2D eigenvalue weighted by Crippen LogP contribution is 2.11. The number of methoxy groups -OCH3 is 1. The van der Waals surface area contributed by atoms with Gasteiger partial charge in [0.1, 0.15) is 0 Å². The van der Waals surface area contributed by atoms with Crippen LogP contribution in [0.4, 0.5) is 13.2 Å². The molecule has 12 heavy (non-hydrogen) atoms. The molecule has 0 aliphatic heterocycles. The highest BCUT2D eigenvalue weighted by Gasteiger charge is 2.25. The van der Waals surface area contributed by atoms with Gasteiger partial charge in [-0.3, -0.25) is 4.79 Å². The van der Waals surface area contributed by atoms with E-state index in [4.69, 9.17) is 0 Å². The molecule has 0 aliphatic carbocycles. The molecule has 0 aromatic rings. The zero-order valence-corrected chi connectivity index (χ0v) is 6.57. The highest BCUT2D eigenvalue weighted by atomic mass is 19.4. The first-order valence-electron chi connectivity index (χ1n) is 3.30. The van der Waals surface area contributed by atoms with Gasteiger partial charge < -0.3 is 10.1 Å². The Hall–Kier alpha value is -0.780. The lowest BCUT2D eigenvalue weighted by molar-refractivity contribution is -0.141. The second-order valence-electron chi connectivity index (χ2n) is 2.12. The van der Waals surface area contributed by atoms with Crippen LogP contribution in [0.2, 0.25) is 0 Å². The summed E-state index contributed by atoms with van der Waals surface area (Å²) in [5, 5.41) is 2.06. The van der Waals surface area contributed by atoms with Crippen molar-refractivity contribution in [1.29, 1.82) is 0 Å². The number of rotatable bonds is 4. The number of nitrogens with one attached hydrogen (secondary N) is 1. The minimum Gasteiger partial charge on any atom is -0.469 e. The number of ether oxygens (including phenoxy) is 1. The van der Waals surface area contributed by atoms with Crippen LogP contribution in [0.5, 0.6) is 0 Å². The Kier molecular flexibility index (Phi) is 4.65. The molecule has 0 radical (unpaired) electrons. The van der Waals surface area contributed by atoms with Crippen LogP contribution in [0.3, 0.4) is 0 Å². The van der Waals surface area contributed by atoms with Gasteiger partial charge in [-0.2, -0.15) is 13.2 Å². The minimum atomic E-state index is -4.23. The third kappa shape index (κ3) is 7.33. The minimum absolute atomic E-state index is 0.0216. The van der Waals surface area contributed by atoms with Crippen molar-refractivity contribution in [2.45, 2.75) is 12.6 Å². The van der Waals surface area contributed by atoms with E-state index in [1.54, 1.807) is 0 Å². The summed E-state index contributed by atoms with van der Waals surface area (Å²) in [5.74, 6) is -0.523. The maximum absolute atomic E-state index is 11.5. The van der Waals surface area contributed by atoms with Gasteiger partial charge in [-0.05, 0) is 0 Å². The molecule has 0 fully saturated rings. The summed E-state index contributed by atoms with van der Waals surface area (Å²) in [5.41, 5.74) is 0. The smallest absolute Gasteiger partial charge is 0.401 e. The van der Waals surface area contributed by atoms with E-state index in [1.807, 2.05) is 0 Å². The Balaban J connectivity index is 3.28. The number of halogens is 3. The summed E-state index contributed by atoms with van der Waals surface area (Å²) in [4.78, 5) is 10.4. The van der Waals surface area contributed by atoms with E-state index in [1.165, 1.54) is 7.11 Å². The SMILES string of the molecule is COC(=O)CCNCC(F)(F)F. The predicted molar refractivity (Wildman–Crippen MR) is 35.6 cm³/mol. The summed E-state index contributed by atoms with van der Waals surface area (Å²) in [6, 6.07) is 0. The molecule has 0 bridgehead atoms. The van der Waals surface area contributed by atoms with Crippen molar-refractivity contribution in [3.05, 3.63) is 0 Å². The first-order chi connectivity index (χ1) is 5.45. The second kappa shape index (κ2) is 4.97. The number of carbonyl (C=O) groups excluding carboxylic acids is 1. The summed E-state index contributed by atoms with van der Waals surface area (Å²) < 4.78 is 38.7. The quantitative estimate of drug-likeness (QED) is 0.517. The molecule has 0 aliphatic rings. The van der Waals surface area contributed by atoms with Crippen LogP contribution >= 0.6 is 0 Å². The van der Waals surface area contributed by atoms with E-state index in [0.29, 0.717) is 0 Å². The first kappa shape index (κ1) is 11.2. The lowest BCUT2D eigenvalue weighted by Crippen LogP contribution is -2.30. The molecule has 0 saturated carbocycles. The van der Waals surface area contributed by atoms with Gasteiger partial charge >= 0.3 is 12.1 Å². The standard InChI is InChI=1S/C6H10F3NO2/c1-12-5(11)2-3-10-4-6(7,8)9/h10H,2-4H2,1H3. The zero-order valence-electron chi connectivity index (χ0n) is 6.57. The number of alkyl halides is 3. The van der Waals surface area contributed by atoms with Crippen molar-refractivity contribution < 1.29 is 22.7 Å². The third-order valence-corrected chi connectivity index (χ3v) is 1.06. The molecule has 0 rings (SSSR count). The average Bonchev–Trinajstić information content (AvgIpc) is 1.96. The number of hydrogen-bond donors (Lipinski definition) is 1. The van der Waals surface area contributed by atoms with Crippen LogP contribution in [0.1, 0.15) is 6.42 Å². The van der Waals surface area contributed by atoms with Crippen LogP contribution < -0.4 is 5.32 Å². The van der Waals surface area contributed by atoms with Gasteiger partial charge in [-0.15, -0.1) is 0 Å². The van der Waals surface area contributed by atoms with E-state index in [-0.39, 0.29) is 13.0 Å². The molecule has 0 aromatic heterocycles. The molecule has 0 spiro atoms. The predicted octanol–water partition coefficient (Wildman–Crippen LogP) is 0.701. The summed E-state index contributed by atoms with van der Waals surface area (Å²) >= 11 is 0. The molecule has 3 nitrogen and oxygen atoms in total. The van der Waals surface area contributed by atoms with E-state index >= 15 is 0 Å². The van der Waals surface area contributed by atoms with Crippen LogP contribution in [0, 0.1) is 0 Å². The van der Waals surface area contributed by atoms with Crippen molar-refractivity contribution in [2.24, 2.45) is 0 Å². The average molecular weight is 185 g/mol. The molecule has 72 valence electrons. The van der Waals surface area contributed by atoms with Crippen molar-refractivity contribution in [3.8, 4) is 0 Å². The monoisotopic (exact) mass is 185 g/mol. The largest absolute Gasteiger partial charge is 0.469 e. The fourth-order valence-electron chi connectivity index (χ4n) is 0.523. The van der Waals surface area contributed by atoms with Crippen molar-refractivity contribution in [2.75, 3.05) is 20.2 Å². The number of carbonyl (C=O) groups is 1. The van der Waals surface area contributed by atoms with Crippen LogP contribution in [0.15, 0.2) is 0 Å². The van der Waals surface area contributed by atoms with E-state index in [9.17, 15) is 18.0 Å². The second-order valence-corrected chi connectivity index (χ2v) is 2.12. The Morgan fingerprint density at radius 1 is 1.50 bits per heavy atom. The highest BCUT2D eigenvalue weighted by molar-refractivity contribution is 5.69. The van der Waals surface area contributed by atoms with Crippen molar-refractivity contribution >= 4 is 5.97 Å². The van der Waals surface area contributed by atoms with Gasteiger partial charge in [0.05, 0.1) is 20.1 Å². The molecule has 0 aromatic carbocycles. The summed E-state index contributed by atoms with van der Waals surface area (Å²) in [6.07, 6.45) is -4.28. The number of hydrogen-bond acceptors (Lipinski definition) is 3. The van der Waals surface area contributed by atoms with Crippen molar-refractivity contribution in [3.63, 3.8) is 0 Å². The molecular formula is C6H10F3NO2.